The average Bonchev–Trinajstić information content (AvgIpc) is 3.46. The first kappa shape index (κ1) is 17.3. The topological polar surface area (TPSA) is 111 Å². The van der Waals surface area contributed by atoms with Gasteiger partial charge in [-0.05, 0) is 12.8 Å². The first-order chi connectivity index (χ1) is 13.2. The third-order valence-electron chi connectivity index (χ3n) is 4.57. The van der Waals surface area contributed by atoms with E-state index in [9.17, 15) is 4.79 Å². The van der Waals surface area contributed by atoms with E-state index in [1.807, 2.05) is 6.07 Å². The minimum Gasteiger partial charge on any atom is -0.340 e. The van der Waals surface area contributed by atoms with Gasteiger partial charge in [-0.25, -0.2) is 4.98 Å². The van der Waals surface area contributed by atoms with E-state index in [-0.39, 0.29) is 18.1 Å². The number of amides is 1. The monoisotopic (exact) mass is 366 g/mol. The van der Waals surface area contributed by atoms with Gasteiger partial charge >= 0.3 is 0 Å². The third kappa shape index (κ3) is 4.17. The quantitative estimate of drug-likeness (QED) is 0.554. The van der Waals surface area contributed by atoms with Crippen LogP contribution in [0, 0.1) is 12.3 Å². The van der Waals surface area contributed by atoms with Crippen LogP contribution in [0.5, 0.6) is 0 Å². The molecule has 2 aromatic heterocycles. The molecule has 2 fully saturated rings. The van der Waals surface area contributed by atoms with E-state index < -0.39 is 0 Å². The Hall–Kier alpha value is -3.12. The summed E-state index contributed by atoms with van der Waals surface area (Å²) in [6.07, 6.45) is 7.62. The number of piperazine rings is 1. The number of nitrogens with zero attached hydrogens (tertiary/aromatic N) is 4. The lowest BCUT2D eigenvalue weighted by molar-refractivity contribution is 0.0953. The van der Waals surface area contributed by atoms with Crippen molar-refractivity contribution in [2.24, 2.45) is 0 Å². The minimum absolute atomic E-state index is 0.151. The molecule has 0 aromatic carbocycles. The predicted octanol–water partition coefficient (Wildman–Crippen LogP) is 0.593. The number of carbonyl (C=O) groups is 1. The standard InChI is InChI=1S/C18H22N8O/c1-2-5-20-17(27)14-11-15(22-16-10-13(24-25-16)12-3-4-12)23-18(21-14)26-8-6-19-7-9-26/h1,10-12,19H,3-9H2,(H,20,27)(H2,21,22,23,24,25). The summed E-state index contributed by atoms with van der Waals surface area (Å²) in [7, 11) is 0. The van der Waals surface area contributed by atoms with Gasteiger partial charge in [-0.2, -0.15) is 10.1 Å². The Morgan fingerprint density at radius 1 is 1.26 bits per heavy atom. The molecule has 0 unspecified atom stereocenters. The summed E-state index contributed by atoms with van der Waals surface area (Å²) in [5.41, 5.74) is 1.40. The molecular formula is C18H22N8O. The van der Waals surface area contributed by atoms with Gasteiger partial charge in [0.2, 0.25) is 5.95 Å². The summed E-state index contributed by atoms with van der Waals surface area (Å²) in [5, 5.41) is 16.5. The zero-order chi connectivity index (χ0) is 18.6. The van der Waals surface area contributed by atoms with Crippen molar-refractivity contribution >= 4 is 23.5 Å². The minimum atomic E-state index is -0.324. The van der Waals surface area contributed by atoms with E-state index in [0.717, 1.165) is 31.9 Å². The van der Waals surface area contributed by atoms with Crippen molar-refractivity contribution in [1.82, 2.24) is 30.8 Å². The van der Waals surface area contributed by atoms with Crippen LogP contribution in [0.15, 0.2) is 12.1 Å². The Balaban J connectivity index is 1.59. The highest BCUT2D eigenvalue weighted by atomic mass is 16.1. The summed E-state index contributed by atoms with van der Waals surface area (Å²) in [6, 6.07) is 3.60. The van der Waals surface area contributed by atoms with Crippen molar-refractivity contribution in [3.05, 3.63) is 23.5 Å². The normalized spacial score (nSPS) is 16.6. The molecule has 27 heavy (non-hydrogen) atoms. The highest BCUT2D eigenvalue weighted by Crippen LogP contribution is 2.39. The van der Waals surface area contributed by atoms with E-state index in [2.05, 4.69) is 46.9 Å². The molecule has 1 saturated carbocycles. The summed E-state index contributed by atoms with van der Waals surface area (Å²) < 4.78 is 0. The number of aromatic amines is 1. The van der Waals surface area contributed by atoms with Crippen molar-refractivity contribution in [1.29, 1.82) is 0 Å². The maximum Gasteiger partial charge on any atom is 0.270 e. The van der Waals surface area contributed by atoms with Crippen LogP contribution in [0.25, 0.3) is 0 Å². The number of rotatable bonds is 6. The summed E-state index contributed by atoms with van der Waals surface area (Å²) in [6.45, 7) is 3.42. The van der Waals surface area contributed by atoms with Gasteiger partial charge in [0.25, 0.3) is 5.91 Å². The molecule has 1 saturated heterocycles. The van der Waals surface area contributed by atoms with Crippen LogP contribution in [0.3, 0.4) is 0 Å². The fraction of sp³-hybridized carbons (Fsp3) is 0.444. The van der Waals surface area contributed by atoms with Gasteiger partial charge in [0.1, 0.15) is 11.5 Å². The molecule has 4 N–H and O–H groups in total. The number of aromatic nitrogens is 4. The summed E-state index contributed by atoms with van der Waals surface area (Å²) >= 11 is 0. The second kappa shape index (κ2) is 7.63. The maximum absolute atomic E-state index is 12.4. The molecule has 140 valence electrons. The molecule has 0 bridgehead atoms. The molecule has 4 rings (SSSR count). The van der Waals surface area contributed by atoms with Gasteiger partial charge in [0.05, 0.1) is 6.54 Å². The van der Waals surface area contributed by atoms with Gasteiger partial charge in [-0.3, -0.25) is 9.89 Å². The number of hydrogen-bond donors (Lipinski definition) is 4. The Bertz CT molecular complexity index is 860. The Labute approximate surface area is 157 Å². The second-order valence-corrected chi connectivity index (χ2v) is 6.67. The van der Waals surface area contributed by atoms with Crippen LogP contribution in [-0.2, 0) is 0 Å². The van der Waals surface area contributed by atoms with Crippen LogP contribution in [0.4, 0.5) is 17.6 Å². The first-order valence-corrected chi connectivity index (χ1v) is 9.11. The smallest absolute Gasteiger partial charge is 0.270 e. The molecule has 1 aliphatic heterocycles. The second-order valence-electron chi connectivity index (χ2n) is 6.67. The van der Waals surface area contributed by atoms with E-state index >= 15 is 0 Å². The zero-order valence-electron chi connectivity index (χ0n) is 15.0. The number of anilines is 3. The lowest BCUT2D eigenvalue weighted by Crippen LogP contribution is -2.44. The van der Waals surface area contributed by atoms with Crippen LogP contribution >= 0.6 is 0 Å². The highest BCUT2D eigenvalue weighted by molar-refractivity contribution is 5.93. The lowest BCUT2D eigenvalue weighted by Gasteiger charge is -2.27. The molecular weight excluding hydrogens is 344 g/mol. The number of hydrogen-bond acceptors (Lipinski definition) is 7. The Morgan fingerprint density at radius 3 is 2.81 bits per heavy atom. The van der Waals surface area contributed by atoms with Crippen LogP contribution in [0.2, 0.25) is 0 Å². The van der Waals surface area contributed by atoms with Crippen molar-refractivity contribution in [3.8, 4) is 12.3 Å². The fourth-order valence-electron chi connectivity index (χ4n) is 2.98. The van der Waals surface area contributed by atoms with Crippen LogP contribution in [0.1, 0.15) is 34.9 Å². The van der Waals surface area contributed by atoms with Gasteiger partial charge in [0, 0.05) is 49.9 Å². The van der Waals surface area contributed by atoms with Gasteiger partial charge in [-0.15, -0.1) is 6.42 Å². The molecule has 3 heterocycles. The van der Waals surface area contributed by atoms with Crippen molar-refractivity contribution in [2.75, 3.05) is 42.9 Å². The van der Waals surface area contributed by atoms with Gasteiger partial charge in [0.15, 0.2) is 5.82 Å². The molecule has 0 spiro atoms. The molecule has 1 amide bonds. The number of carbonyl (C=O) groups excluding carboxylic acids is 1. The lowest BCUT2D eigenvalue weighted by atomic mass is 10.3. The molecule has 0 atom stereocenters. The zero-order valence-corrected chi connectivity index (χ0v) is 15.0. The average molecular weight is 366 g/mol. The Morgan fingerprint density at radius 2 is 2.07 bits per heavy atom. The van der Waals surface area contributed by atoms with Crippen molar-refractivity contribution in [3.63, 3.8) is 0 Å². The van der Waals surface area contributed by atoms with E-state index in [0.29, 0.717) is 23.5 Å². The fourth-order valence-corrected chi connectivity index (χ4v) is 2.98. The summed E-state index contributed by atoms with van der Waals surface area (Å²) in [5.74, 6) is 4.38. The molecule has 1 aliphatic carbocycles. The molecule has 2 aromatic rings. The van der Waals surface area contributed by atoms with E-state index in [1.165, 1.54) is 12.8 Å². The number of nitrogens with one attached hydrogen (secondary N) is 4. The van der Waals surface area contributed by atoms with Gasteiger partial charge in [-0.1, -0.05) is 5.92 Å². The SMILES string of the molecule is C#CCNC(=O)c1cc(Nc2cc(C3CC3)[nH]n2)nc(N2CCNCC2)n1. The van der Waals surface area contributed by atoms with Crippen molar-refractivity contribution < 1.29 is 4.79 Å². The molecule has 0 radical (unpaired) electrons. The maximum atomic E-state index is 12.4. The largest absolute Gasteiger partial charge is 0.340 e. The third-order valence-corrected chi connectivity index (χ3v) is 4.57. The van der Waals surface area contributed by atoms with E-state index in [1.54, 1.807) is 6.07 Å². The number of terminal acetylenes is 1. The van der Waals surface area contributed by atoms with Crippen molar-refractivity contribution in [2.45, 2.75) is 18.8 Å². The summed E-state index contributed by atoms with van der Waals surface area (Å²) in [4.78, 5) is 23.4. The van der Waals surface area contributed by atoms with Crippen LogP contribution in [-0.4, -0.2) is 58.8 Å². The van der Waals surface area contributed by atoms with E-state index in [4.69, 9.17) is 6.42 Å². The highest BCUT2D eigenvalue weighted by Gasteiger charge is 2.25. The molecule has 9 heteroatoms. The number of H-pyrrole nitrogens is 1. The Kier molecular flexibility index (Phi) is 4.89. The molecule has 9 nitrogen and oxygen atoms in total. The van der Waals surface area contributed by atoms with Crippen LogP contribution < -0.4 is 20.9 Å². The predicted molar refractivity (Wildman–Crippen MR) is 102 cm³/mol. The molecule has 2 aliphatic rings. The first-order valence-electron chi connectivity index (χ1n) is 9.11. The van der Waals surface area contributed by atoms with Gasteiger partial charge < -0.3 is 20.9 Å².